The molecule has 0 fully saturated rings. The SMILES string of the molecule is CC(C)Oc1ccc(CNC(=O)CN(c2cccc(C(F)(F)F)c2)S(=O)(=O)c2ccccc2)cc1. The first-order valence-electron chi connectivity index (χ1n) is 10.7. The zero-order valence-corrected chi connectivity index (χ0v) is 19.9. The maximum Gasteiger partial charge on any atom is 0.416 e. The van der Waals surface area contributed by atoms with Gasteiger partial charge in [-0.05, 0) is 61.9 Å². The Kier molecular flexibility index (Phi) is 8.06. The van der Waals surface area contributed by atoms with Crippen molar-refractivity contribution in [3.05, 3.63) is 90.0 Å². The molecule has 0 aliphatic carbocycles. The third kappa shape index (κ3) is 6.98. The second-order valence-electron chi connectivity index (χ2n) is 7.96. The number of halogens is 3. The topological polar surface area (TPSA) is 75.7 Å². The van der Waals surface area contributed by atoms with Gasteiger partial charge in [-0.1, -0.05) is 36.4 Å². The lowest BCUT2D eigenvalue weighted by Crippen LogP contribution is -2.40. The number of carbonyl (C=O) groups is 1. The fourth-order valence-corrected chi connectivity index (χ4v) is 4.65. The first-order valence-corrected chi connectivity index (χ1v) is 12.2. The molecule has 1 N–H and O–H groups in total. The molecule has 0 atom stereocenters. The number of ether oxygens (including phenoxy) is 1. The van der Waals surface area contributed by atoms with E-state index in [-0.39, 0.29) is 23.2 Å². The van der Waals surface area contributed by atoms with E-state index in [2.05, 4.69) is 5.32 Å². The molecular weight excluding hydrogens is 481 g/mol. The van der Waals surface area contributed by atoms with Crippen molar-refractivity contribution in [2.24, 2.45) is 0 Å². The molecule has 10 heteroatoms. The summed E-state index contributed by atoms with van der Waals surface area (Å²) in [5.74, 6) is -0.0100. The van der Waals surface area contributed by atoms with Crippen LogP contribution >= 0.6 is 0 Å². The first kappa shape index (κ1) is 26.1. The average Bonchev–Trinajstić information content (AvgIpc) is 2.82. The van der Waals surface area contributed by atoms with Crippen molar-refractivity contribution in [1.82, 2.24) is 5.32 Å². The van der Waals surface area contributed by atoms with Crippen LogP contribution in [0.1, 0.15) is 25.0 Å². The lowest BCUT2D eigenvalue weighted by atomic mass is 10.2. The van der Waals surface area contributed by atoms with Gasteiger partial charge in [-0.15, -0.1) is 0 Å². The van der Waals surface area contributed by atoms with E-state index in [4.69, 9.17) is 4.74 Å². The molecule has 35 heavy (non-hydrogen) atoms. The number of carbonyl (C=O) groups excluding carboxylic acids is 1. The Morgan fingerprint density at radius 1 is 0.971 bits per heavy atom. The van der Waals surface area contributed by atoms with Crippen molar-refractivity contribution in [3.8, 4) is 5.75 Å². The van der Waals surface area contributed by atoms with Gasteiger partial charge in [0, 0.05) is 6.54 Å². The van der Waals surface area contributed by atoms with Gasteiger partial charge in [0.2, 0.25) is 5.91 Å². The Hall–Kier alpha value is -3.53. The standard InChI is InChI=1S/C25H25F3N2O4S/c1-18(2)34-22-13-11-19(12-14-22)16-29-24(31)17-30(35(32,33)23-9-4-3-5-10-23)21-8-6-7-20(15-21)25(26,27)28/h3-15,18H,16-17H2,1-2H3,(H,29,31). The van der Waals surface area contributed by atoms with Crippen LogP contribution in [0.15, 0.2) is 83.8 Å². The molecule has 0 heterocycles. The monoisotopic (exact) mass is 506 g/mol. The van der Waals surface area contributed by atoms with Crippen molar-refractivity contribution in [1.29, 1.82) is 0 Å². The zero-order chi connectivity index (χ0) is 25.6. The van der Waals surface area contributed by atoms with Crippen LogP contribution in [0.25, 0.3) is 0 Å². The summed E-state index contributed by atoms with van der Waals surface area (Å²) in [6, 6.07) is 18.1. The van der Waals surface area contributed by atoms with Crippen LogP contribution in [0.3, 0.4) is 0 Å². The van der Waals surface area contributed by atoms with Gasteiger partial charge in [0.25, 0.3) is 10.0 Å². The highest BCUT2D eigenvalue weighted by molar-refractivity contribution is 7.92. The number of amides is 1. The predicted octanol–water partition coefficient (Wildman–Crippen LogP) is 5.00. The van der Waals surface area contributed by atoms with Crippen molar-refractivity contribution < 1.29 is 31.1 Å². The largest absolute Gasteiger partial charge is 0.491 e. The number of alkyl halides is 3. The molecule has 186 valence electrons. The summed E-state index contributed by atoms with van der Waals surface area (Å²) in [5, 5.41) is 2.62. The number of hydrogen-bond donors (Lipinski definition) is 1. The molecule has 0 saturated carbocycles. The highest BCUT2D eigenvalue weighted by Gasteiger charge is 2.33. The molecule has 3 aromatic rings. The van der Waals surface area contributed by atoms with Gasteiger partial charge in [0.05, 0.1) is 22.3 Å². The van der Waals surface area contributed by atoms with Crippen LogP contribution in [0, 0.1) is 0 Å². The average molecular weight is 507 g/mol. The van der Waals surface area contributed by atoms with Crippen LogP contribution in [0.2, 0.25) is 0 Å². The predicted molar refractivity (Wildman–Crippen MR) is 126 cm³/mol. The van der Waals surface area contributed by atoms with Gasteiger partial charge in [0.1, 0.15) is 12.3 Å². The maximum absolute atomic E-state index is 13.3. The highest BCUT2D eigenvalue weighted by Crippen LogP contribution is 2.33. The number of anilines is 1. The van der Waals surface area contributed by atoms with Gasteiger partial charge >= 0.3 is 6.18 Å². The molecule has 3 rings (SSSR count). The summed E-state index contributed by atoms with van der Waals surface area (Å²) in [7, 11) is -4.32. The fraction of sp³-hybridized carbons (Fsp3) is 0.240. The van der Waals surface area contributed by atoms with E-state index < -0.39 is 34.2 Å². The molecule has 0 unspecified atom stereocenters. The Bertz CT molecular complexity index is 1250. The Balaban J connectivity index is 1.83. The number of nitrogens with zero attached hydrogens (tertiary/aromatic N) is 1. The van der Waals surface area contributed by atoms with Gasteiger partial charge in [-0.25, -0.2) is 8.42 Å². The highest BCUT2D eigenvalue weighted by atomic mass is 32.2. The van der Waals surface area contributed by atoms with Crippen LogP contribution in [-0.4, -0.2) is 27.0 Å². The normalized spacial score (nSPS) is 11.8. The van der Waals surface area contributed by atoms with E-state index in [0.717, 1.165) is 17.7 Å². The van der Waals surface area contributed by atoms with Crippen molar-refractivity contribution in [3.63, 3.8) is 0 Å². The summed E-state index contributed by atoms with van der Waals surface area (Å²) >= 11 is 0. The van der Waals surface area contributed by atoms with E-state index in [9.17, 15) is 26.4 Å². The Morgan fingerprint density at radius 2 is 1.63 bits per heavy atom. The van der Waals surface area contributed by atoms with E-state index >= 15 is 0 Å². The van der Waals surface area contributed by atoms with Gasteiger partial charge in [0.15, 0.2) is 0 Å². The van der Waals surface area contributed by atoms with Crippen molar-refractivity contribution in [2.45, 2.75) is 37.6 Å². The van der Waals surface area contributed by atoms with E-state index in [1.54, 1.807) is 30.3 Å². The van der Waals surface area contributed by atoms with Crippen molar-refractivity contribution in [2.75, 3.05) is 10.8 Å². The minimum atomic E-state index is -4.67. The molecule has 0 aromatic heterocycles. The smallest absolute Gasteiger partial charge is 0.416 e. The van der Waals surface area contributed by atoms with Gasteiger partial charge < -0.3 is 10.1 Å². The third-order valence-corrected chi connectivity index (χ3v) is 6.65. The third-order valence-electron chi connectivity index (χ3n) is 4.86. The molecule has 0 aliphatic heterocycles. The number of nitrogens with one attached hydrogen (secondary N) is 1. The molecule has 0 radical (unpaired) electrons. The number of benzene rings is 3. The number of rotatable bonds is 9. The van der Waals surface area contributed by atoms with E-state index in [1.807, 2.05) is 13.8 Å². The fourth-order valence-electron chi connectivity index (χ4n) is 3.22. The van der Waals surface area contributed by atoms with E-state index in [1.165, 1.54) is 30.3 Å². The maximum atomic E-state index is 13.3. The summed E-state index contributed by atoms with van der Waals surface area (Å²) in [5.41, 5.74) is -0.549. The second kappa shape index (κ2) is 10.8. The van der Waals surface area contributed by atoms with Crippen LogP contribution in [0.5, 0.6) is 5.75 Å². The molecular formula is C25H25F3N2O4S. The lowest BCUT2D eigenvalue weighted by molar-refractivity contribution is -0.137. The van der Waals surface area contributed by atoms with Gasteiger partial charge in [-0.2, -0.15) is 13.2 Å². The molecule has 0 aliphatic rings. The quantitative estimate of drug-likeness (QED) is 0.443. The summed E-state index contributed by atoms with van der Waals surface area (Å²) in [4.78, 5) is 12.6. The molecule has 1 amide bonds. The molecule has 0 spiro atoms. The Morgan fingerprint density at radius 3 is 2.23 bits per heavy atom. The first-order chi connectivity index (χ1) is 16.5. The van der Waals surface area contributed by atoms with E-state index in [0.29, 0.717) is 16.1 Å². The van der Waals surface area contributed by atoms with Crippen LogP contribution in [-0.2, 0) is 27.5 Å². The summed E-state index contributed by atoms with van der Waals surface area (Å²) in [6.45, 7) is 3.19. The molecule has 0 bridgehead atoms. The number of sulfonamides is 1. The van der Waals surface area contributed by atoms with Crippen molar-refractivity contribution >= 4 is 21.6 Å². The summed E-state index contributed by atoms with van der Waals surface area (Å²) in [6.07, 6.45) is -4.67. The minimum absolute atomic E-state index is 0.00828. The molecule has 6 nitrogen and oxygen atoms in total. The van der Waals surface area contributed by atoms with Gasteiger partial charge in [-0.3, -0.25) is 9.10 Å². The van der Waals surface area contributed by atoms with Crippen LogP contribution < -0.4 is 14.4 Å². The zero-order valence-electron chi connectivity index (χ0n) is 19.1. The molecule has 0 saturated heterocycles. The second-order valence-corrected chi connectivity index (χ2v) is 9.82. The molecule has 3 aromatic carbocycles. The van der Waals surface area contributed by atoms with Crippen LogP contribution in [0.4, 0.5) is 18.9 Å². The summed E-state index contributed by atoms with van der Waals surface area (Å²) < 4.78 is 72.6. The number of hydrogen-bond acceptors (Lipinski definition) is 4. The minimum Gasteiger partial charge on any atom is -0.491 e. The lowest BCUT2D eigenvalue weighted by Gasteiger charge is -2.25. The Labute approximate surface area is 202 Å².